The molecule has 182 valence electrons. The van der Waals surface area contributed by atoms with E-state index in [-0.39, 0.29) is 59.5 Å². The summed E-state index contributed by atoms with van der Waals surface area (Å²) >= 11 is 22.3. The molecule has 2 aromatic carbocycles. The molecule has 1 fully saturated rings. The molecule has 2 aromatic rings. The molecule has 5 nitrogen and oxygen atoms in total. The number of benzene rings is 2. The summed E-state index contributed by atoms with van der Waals surface area (Å²) in [5.41, 5.74) is -2.99. The second kappa shape index (κ2) is 9.59. The molecule has 13 heteroatoms. The van der Waals surface area contributed by atoms with E-state index in [9.17, 15) is 22.5 Å². The Morgan fingerprint density at radius 2 is 1.79 bits per heavy atom. The van der Waals surface area contributed by atoms with E-state index in [0.29, 0.717) is 0 Å². The number of hydrogen-bond acceptors (Lipinski definition) is 4. The van der Waals surface area contributed by atoms with Crippen LogP contribution in [0.15, 0.2) is 40.4 Å². The topological polar surface area (TPSA) is 73.8 Å². The normalized spacial score (nSPS) is 21.1. The van der Waals surface area contributed by atoms with Crippen LogP contribution in [0.25, 0.3) is 0 Å². The fourth-order valence-electron chi connectivity index (χ4n) is 3.41. The van der Waals surface area contributed by atoms with E-state index in [1.54, 1.807) is 0 Å². The van der Waals surface area contributed by atoms with Crippen LogP contribution >= 0.6 is 46.4 Å². The average molecular weight is 574 g/mol. The molecule has 4 rings (SSSR count). The highest BCUT2D eigenvalue weighted by Crippen LogP contribution is 2.50. The number of nitrogens with zero attached hydrogens (tertiary/aromatic N) is 1. The van der Waals surface area contributed by atoms with E-state index >= 15 is 0 Å². The summed E-state index contributed by atoms with van der Waals surface area (Å²) in [5.74, 6) is -0.626. The van der Waals surface area contributed by atoms with Gasteiger partial charge in [-0.05, 0) is 54.3 Å². The summed E-state index contributed by atoms with van der Waals surface area (Å²) in [6.45, 7) is 0. The average Bonchev–Trinajstić information content (AvgIpc) is 3.43. The standard InChI is InChI=1S/C21H15Cl4F3N2O3S/c22-13-5-10(1-4-17(13)34(32)9-18(31)29-12-2-3-12)16-8-20(33-30-16,21(26,27)28)11-6-14(23)19(25)15(24)7-11/h1,4-7,12H,2-3,8-9H2,(H,29,31). The molecule has 1 amide bonds. The maximum Gasteiger partial charge on any atom is 0.435 e. The predicted octanol–water partition coefficient (Wildman–Crippen LogP) is 6.27. The van der Waals surface area contributed by atoms with Crippen molar-refractivity contribution >= 4 is 69.2 Å². The SMILES string of the molecule is O=C(C[S+]([O-])c1ccc(C2=NOC(c3cc(Cl)c(Cl)c(Cl)c3)(C(F)(F)F)C2)cc1Cl)NC1CC1. The van der Waals surface area contributed by atoms with Gasteiger partial charge in [-0.25, -0.2) is 0 Å². The zero-order chi connectivity index (χ0) is 24.8. The first-order valence-corrected chi connectivity index (χ1v) is 12.7. The quantitative estimate of drug-likeness (QED) is 0.327. The third kappa shape index (κ3) is 5.10. The fraction of sp³-hybridized carbons (Fsp3) is 0.333. The molecule has 1 heterocycles. The first kappa shape index (κ1) is 25.7. The largest absolute Gasteiger partial charge is 0.611 e. The Hall–Kier alpha value is -1.36. The van der Waals surface area contributed by atoms with Crippen LogP contribution in [0, 0.1) is 0 Å². The molecule has 0 aromatic heterocycles. The third-order valence-electron chi connectivity index (χ3n) is 5.35. The molecule has 1 N–H and O–H groups in total. The third-order valence-corrected chi connectivity index (χ3v) is 8.34. The van der Waals surface area contributed by atoms with Crippen LogP contribution < -0.4 is 5.32 Å². The predicted molar refractivity (Wildman–Crippen MR) is 125 cm³/mol. The lowest BCUT2D eigenvalue weighted by Crippen LogP contribution is -2.42. The van der Waals surface area contributed by atoms with Gasteiger partial charge < -0.3 is 14.7 Å². The number of amides is 1. The number of alkyl halides is 3. The van der Waals surface area contributed by atoms with Gasteiger partial charge in [0.2, 0.25) is 0 Å². The van der Waals surface area contributed by atoms with Gasteiger partial charge in [0, 0.05) is 23.6 Å². The van der Waals surface area contributed by atoms with Crippen molar-refractivity contribution in [1.82, 2.24) is 5.32 Å². The van der Waals surface area contributed by atoms with Crippen molar-refractivity contribution in [2.24, 2.45) is 5.16 Å². The molecule has 0 radical (unpaired) electrons. The highest BCUT2D eigenvalue weighted by molar-refractivity contribution is 7.92. The number of hydrogen-bond donors (Lipinski definition) is 1. The Balaban J connectivity index is 1.57. The lowest BCUT2D eigenvalue weighted by atomic mass is 9.86. The van der Waals surface area contributed by atoms with Crippen LogP contribution in [0.4, 0.5) is 13.2 Å². The van der Waals surface area contributed by atoms with Crippen LogP contribution in [0.1, 0.15) is 30.4 Å². The second-order valence-electron chi connectivity index (χ2n) is 7.86. The van der Waals surface area contributed by atoms with Crippen molar-refractivity contribution in [2.45, 2.75) is 42.0 Å². The van der Waals surface area contributed by atoms with Crippen molar-refractivity contribution < 1.29 is 27.4 Å². The first-order chi connectivity index (χ1) is 15.9. The Kier molecular flexibility index (Phi) is 7.26. The van der Waals surface area contributed by atoms with E-state index in [2.05, 4.69) is 10.5 Å². The van der Waals surface area contributed by atoms with Crippen LogP contribution in [0.2, 0.25) is 20.1 Å². The summed E-state index contributed by atoms with van der Waals surface area (Å²) in [6, 6.07) is 6.35. The molecule has 2 atom stereocenters. The van der Waals surface area contributed by atoms with Crippen molar-refractivity contribution in [3.8, 4) is 0 Å². The van der Waals surface area contributed by atoms with Gasteiger partial charge in [-0.2, -0.15) is 13.2 Å². The van der Waals surface area contributed by atoms with Crippen molar-refractivity contribution in [1.29, 1.82) is 0 Å². The van der Waals surface area contributed by atoms with Gasteiger partial charge in [0.25, 0.3) is 11.5 Å². The second-order valence-corrected chi connectivity index (χ2v) is 10.9. The number of oxime groups is 1. The summed E-state index contributed by atoms with van der Waals surface area (Å²) in [6.07, 6.45) is -3.77. The summed E-state index contributed by atoms with van der Waals surface area (Å²) < 4.78 is 55.1. The Morgan fingerprint density at radius 3 is 2.35 bits per heavy atom. The first-order valence-electron chi connectivity index (χ1n) is 9.86. The van der Waals surface area contributed by atoms with E-state index in [1.165, 1.54) is 18.2 Å². The number of carbonyl (C=O) groups is 1. The molecule has 0 bridgehead atoms. The van der Waals surface area contributed by atoms with Crippen molar-refractivity contribution in [3.63, 3.8) is 0 Å². The van der Waals surface area contributed by atoms with Gasteiger partial charge in [0.05, 0.1) is 25.8 Å². The maximum atomic E-state index is 14.2. The molecular formula is C21H15Cl4F3N2O3S. The van der Waals surface area contributed by atoms with Crippen molar-refractivity contribution in [3.05, 3.63) is 61.5 Å². The summed E-state index contributed by atoms with van der Waals surface area (Å²) in [4.78, 5) is 17.1. The van der Waals surface area contributed by atoms with E-state index in [4.69, 9.17) is 51.2 Å². The van der Waals surface area contributed by atoms with E-state index in [1.807, 2.05) is 0 Å². The summed E-state index contributed by atoms with van der Waals surface area (Å²) in [7, 11) is 0. The van der Waals surface area contributed by atoms with Gasteiger partial charge in [-0.1, -0.05) is 51.6 Å². The number of nitrogens with one attached hydrogen (secondary N) is 1. The molecule has 1 saturated carbocycles. The molecule has 2 aliphatic rings. The van der Waals surface area contributed by atoms with Gasteiger partial charge >= 0.3 is 6.18 Å². The molecule has 34 heavy (non-hydrogen) atoms. The Bertz CT molecular complexity index is 1150. The van der Waals surface area contributed by atoms with Crippen LogP contribution in [0.5, 0.6) is 0 Å². The minimum Gasteiger partial charge on any atom is -0.611 e. The minimum atomic E-state index is -4.88. The van der Waals surface area contributed by atoms with E-state index in [0.717, 1.165) is 25.0 Å². The Morgan fingerprint density at radius 1 is 1.15 bits per heavy atom. The van der Waals surface area contributed by atoms with Crippen LogP contribution in [-0.4, -0.2) is 34.1 Å². The number of rotatable bonds is 6. The fourth-order valence-corrected chi connectivity index (χ4v) is 5.41. The molecule has 1 aliphatic carbocycles. The molecule has 0 spiro atoms. The highest BCUT2D eigenvalue weighted by atomic mass is 35.5. The van der Waals surface area contributed by atoms with E-state index < -0.39 is 29.4 Å². The van der Waals surface area contributed by atoms with Gasteiger partial charge in [0.15, 0.2) is 10.6 Å². The lowest BCUT2D eigenvalue weighted by Gasteiger charge is -2.30. The minimum absolute atomic E-state index is 0.0276. The maximum absolute atomic E-state index is 14.2. The molecule has 2 unspecified atom stereocenters. The Labute approximate surface area is 215 Å². The smallest absolute Gasteiger partial charge is 0.435 e. The number of carbonyl (C=O) groups excluding carboxylic acids is 1. The zero-order valence-corrected chi connectivity index (χ0v) is 20.9. The van der Waals surface area contributed by atoms with Crippen molar-refractivity contribution in [2.75, 3.05) is 5.75 Å². The highest BCUT2D eigenvalue weighted by Gasteiger charge is 2.62. The summed E-state index contributed by atoms with van der Waals surface area (Å²) in [5, 5.41) is 6.03. The molecule has 0 saturated heterocycles. The van der Waals surface area contributed by atoms with Crippen LogP contribution in [0.3, 0.4) is 0 Å². The zero-order valence-electron chi connectivity index (χ0n) is 17.0. The van der Waals surface area contributed by atoms with Crippen LogP contribution in [-0.2, 0) is 26.4 Å². The van der Waals surface area contributed by atoms with Gasteiger partial charge in [0.1, 0.15) is 0 Å². The number of halogens is 7. The molecular weight excluding hydrogens is 559 g/mol. The lowest BCUT2D eigenvalue weighted by molar-refractivity contribution is -0.275. The van der Waals surface area contributed by atoms with Gasteiger partial charge in [-0.3, -0.25) is 4.79 Å². The monoisotopic (exact) mass is 572 g/mol. The van der Waals surface area contributed by atoms with Gasteiger partial charge in [-0.15, -0.1) is 0 Å². The molecule has 1 aliphatic heterocycles.